The van der Waals surface area contributed by atoms with Crippen LogP contribution in [0.1, 0.15) is 56.2 Å². The number of benzene rings is 1. The van der Waals surface area contributed by atoms with E-state index in [1.165, 1.54) is 0 Å². The highest BCUT2D eigenvalue weighted by atomic mass is 16.5. The predicted octanol–water partition coefficient (Wildman–Crippen LogP) is 2.94. The van der Waals surface area contributed by atoms with Gasteiger partial charge in [0.1, 0.15) is 11.5 Å². The van der Waals surface area contributed by atoms with Crippen molar-refractivity contribution in [2.75, 3.05) is 7.11 Å². The van der Waals surface area contributed by atoms with Crippen LogP contribution in [0.3, 0.4) is 0 Å². The van der Waals surface area contributed by atoms with Crippen LogP contribution < -0.4 is 4.74 Å². The smallest absolute Gasteiger partial charge is 0.229 e. The number of carbonyl (C=O) groups is 2. The Bertz CT molecular complexity index is 782. The van der Waals surface area contributed by atoms with Crippen molar-refractivity contribution in [3.8, 4) is 5.75 Å². The average Bonchev–Trinajstić information content (AvgIpc) is 2.92. The molecule has 0 radical (unpaired) electrons. The molecule has 0 amide bonds. The number of fused-ring (bicyclic) bond motifs is 4. The number of methoxy groups -OCH3 is 1. The zero-order chi connectivity index (χ0) is 14.6. The van der Waals surface area contributed by atoms with Gasteiger partial charge in [-0.1, -0.05) is 0 Å². The van der Waals surface area contributed by atoms with E-state index in [1.54, 1.807) is 25.3 Å². The van der Waals surface area contributed by atoms with E-state index >= 15 is 0 Å². The molecule has 1 heterocycles. The largest absolute Gasteiger partial charge is 0.497 e. The molecule has 0 bridgehead atoms. The Hall–Kier alpha value is -2.36. The van der Waals surface area contributed by atoms with Crippen LogP contribution in [0, 0.1) is 0 Å². The third-order valence-corrected chi connectivity index (χ3v) is 4.32. The summed E-state index contributed by atoms with van der Waals surface area (Å²) < 4.78 is 10.9. The Morgan fingerprint density at radius 3 is 2.67 bits per heavy atom. The fourth-order valence-corrected chi connectivity index (χ4v) is 3.26. The minimum absolute atomic E-state index is 0.120. The number of rotatable bonds is 1. The summed E-state index contributed by atoms with van der Waals surface area (Å²) in [7, 11) is 1.54. The molecule has 21 heavy (non-hydrogen) atoms. The molecule has 0 unspecified atom stereocenters. The van der Waals surface area contributed by atoms with Crippen LogP contribution in [0.2, 0.25) is 0 Å². The number of aryl methyl sites for hydroxylation is 1. The van der Waals surface area contributed by atoms with Crippen LogP contribution in [-0.2, 0) is 12.8 Å². The number of furan rings is 1. The molecule has 4 nitrogen and oxygen atoms in total. The maximum atomic E-state index is 12.8. The van der Waals surface area contributed by atoms with Crippen LogP contribution in [0.25, 0.3) is 0 Å². The van der Waals surface area contributed by atoms with E-state index in [1.807, 2.05) is 0 Å². The topological polar surface area (TPSA) is 56.5 Å². The molecule has 2 aromatic rings. The Kier molecular flexibility index (Phi) is 2.55. The highest BCUT2D eigenvalue weighted by molar-refractivity contribution is 6.28. The normalized spacial score (nSPS) is 16.2. The second-order valence-corrected chi connectivity index (χ2v) is 5.48. The molecule has 0 saturated carbocycles. The van der Waals surface area contributed by atoms with Gasteiger partial charge in [-0.05, 0) is 37.5 Å². The summed E-state index contributed by atoms with van der Waals surface area (Å²) in [5.41, 5.74) is 2.24. The molecule has 0 N–H and O–H groups in total. The van der Waals surface area contributed by atoms with Crippen molar-refractivity contribution < 1.29 is 18.7 Å². The SMILES string of the molecule is COc1ccc2c(c1)C(=O)c1c(oc3c1CCCC3)C2=O. The predicted molar refractivity (Wildman–Crippen MR) is 75.2 cm³/mol. The average molecular weight is 282 g/mol. The summed E-state index contributed by atoms with van der Waals surface area (Å²) >= 11 is 0. The minimum Gasteiger partial charge on any atom is -0.497 e. The standard InChI is InChI=1S/C17H14O4/c1-20-9-6-7-10-12(8-9)15(18)14-11-4-2-3-5-13(11)21-17(14)16(10)19/h6-8H,2-5H2,1H3. The molecule has 0 saturated heterocycles. The summed E-state index contributed by atoms with van der Waals surface area (Å²) in [6, 6.07) is 4.97. The van der Waals surface area contributed by atoms with Crippen LogP contribution >= 0.6 is 0 Å². The van der Waals surface area contributed by atoms with Gasteiger partial charge in [0.2, 0.25) is 5.78 Å². The molecular weight excluding hydrogens is 268 g/mol. The van der Waals surface area contributed by atoms with Crippen molar-refractivity contribution in [1.82, 2.24) is 0 Å². The van der Waals surface area contributed by atoms with Gasteiger partial charge >= 0.3 is 0 Å². The van der Waals surface area contributed by atoms with Gasteiger partial charge in [0.25, 0.3) is 0 Å². The van der Waals surface area contributed by atoms with Crippen LogP contribution in [0.5, 0.6) is 5.75 Å². The third kappa shape index (κ3) is 1.62. The van der Waals surface area contributed by atoms with Gasteiger partial charge in [0, 0.05) is 23.1 Å². The number of hydrogen-bond acceptors (Lipinski definition) is 4. The molecule has 0 atom stereocenters. The highest BCUT2D eigenvalue weighted by Crippen LogP contribution is 2.37. The van der Waals surface area contributed by atoms with Crippen molar-refractivity contribution in [3.05, 3.63) is 52.0 Å². The lowest BCUT2D eigenvalue weighted by Gasteiger charge is -2.15. The van der Waals surface area contributed by atoms with Gasteiger partial charge in [-0.3, -0.25) is 9.59 Å². The first-order chi connectivity index (χ1) is 10.2. The van der Waals surface area contributed by atoms with Gasteiger partial charge in [0.05, 0.1) is 12.7 Å². The van der Waals surface area contributed by atoms with Gasteiger partial charge in [-0.2, -0.15) is 0 Å². The summed E-state index contributed by atoms with van der Waals surface area (Å²) in [6.07, 6.45) is 3.70. The van der Waals surface area contributed by atoms with E-state index in [-0.39, 0.29) is 17.3 Å². The highest BCUT2D eigenvalue weighted by Gasteiger charge is 2.37. The molecule has 2 aliphatic carbocycles. The number of ether oxygens (including phenoxy) is 1. The van der Waals surface area contributed by atoms with E-state index in [2.05, 4.69) is 0 Å². The molecule has 0 aliphatic heterocycles. The Morgan fingerprint density at radius 1 is 1.05 bits per heavy atom. The maximum Gasteiger partial charge on any atom is 0.229 e. The molecule has 1 aromatic carbocycles. The zero-order valence-electron chi connectivity index (χ0n) is 11.7. The van der Waals surface area contributed by atoms with Gasteiger partial charge < -0.3 is 9.15 Å². The summed E-state index contributed by atoms with van der Waals surface area (Å²) in [5.74, 6) is 1.30. The van der Waals surface area contributed by atoms with Gasteiger partial charge in [-0.25, -0.2) is 0 Å². The molecular formula is C17H14O4. The third-order valence-electron chi connectivity index (χ3n) is 4.32. The maximum absolute atomic E-state index is 12.8. The second kappa shape index (κ2) is 4.32. The molecule has 0 spiro atoms. The van der Waals surface area contributed by atoms with Gasteiger partial charge in [0.15, 0.2) is 11.5 Å². The summed E-state index contributed by atoms with van der Waals surface area (Å²) in [6.45, 7) is 0. The molecule has 2 aliphatic rings. The van der Waals surface area contributed by atoms with Crippen molar-refractivity contribution in [3.63, 3.8) is 0 Å². The van der Waals surface area contributed by atoms with E-state index < -0.39 is 0 Å². The first-order valence-electron chi connectivity index (χ1n) is 7.12. The Labute approximate surface area is 121 Å². The Balaban J connectivity index is 1.95. The van der Waals surface area contributed by atoms with E-state index in [9.17, 15) is 9.59 Å². The van der Waals surface area contributed by atoms with E-state index in [4.69, 9.17) is 9.15 Å². The lowest BCUT2D eigenvalue weighted by Crippen LogP contribution is -2.20. The number of ketones is 2. The molecule has 1 aromatic heterocycles. The monoisotopic (exact) mass is 282 g/mol. The summed E-state index contributed by atoms with van der Waals surface area (Å²) in [4.78, 5) is 25.4. The Morgan fingerprint density at radius 2 is 1.86 bits per heavy atom. The molecule has 0 fully saturated rings. The number of hydrogen-bond donors (Lipinski definition) is 0. The lowest BCUT2D eigenvalue weighted by atomic mass is 9.84. The fourth-order valence-electron chi connectivity index (χ4n) is 3.26. The van der Waals surface area contributed by atoms with Crippen molar-refractivity contribution >= 4 is 11.6 Å². The molecule has 4 heteroatoms. The van der Waals surface area contributed by atoms with E-state index in [0.717, 1.165) is 37.0 Å². The van der Waals surface area contributed by atoms with Crippen LogP contribution in [0.4, 0.5) is 0 Å². The van der Waals surface area contributed by atoms with Gasteiger partial charge in [-0.15, -0.1) is 0 Å². The second-order valence-electron chi connectivity index (χ2n) is 5.48. The molecule has 4 rings (SSSR count). The van der Waals surface area contributed by atoms with Crippen LogP contribution in [-0.4, -0.2) is 18.7 Å². The first kappa shape index (κ1) is 12.4. The first-order valence-corrected chi connectivity index (χ1v) is 7.12. The van der Waals surface area contributed by atoms with Crippen molar-refractivity contribution in [2.24, 2.45) is 0 Å². The lowest BCUT2D eigenvalue weighted by molar-refractivity contribution is 0.0959. The minimum atomic E-state index is -0.198. The number of carbonyl (C=O) groups excluding carboxylic acids is 2. The molecule has 106 valence electrons. The summed E-state index contributed by atoms with van der Waals surface area (Å²) in [5, 5.41) is 0. The van der Waals surface area contributed by atoms with Crippen LogP contribution in [0.15, 0.2) is 22.6 Å². The quantitative estimate of drug-likeness (QED) is 0.688. The van der Waals surface area contributed by atoms with Crippen molar-refractivity contribution in [2.45, 2.75) is 25.7 Å². The zero-order valence-corrected chi connectivity index (χ0v) is 11.7. The fraction of sp³-hybridized carbons (Fsp3) is 0.294. The van der Waals surface area contributed by atoms with Crippen molar-refractivity contribution in [1.29, 1.82) is 0 Å². The van der Waals surface area contributed by atoms with E-state index in [0.29, 0.717) is 22.4 Å².